The molecule has 1 fully saturated rings. The van der Waals surface area contributed by atoms with Crippen LogP contribution in [0.4, 0.5) is 19.3 Å². The van der Waals surface area contributed by atoms with Gasteiger partial charge in [-0.05, 0) is 73.0 Å². The lowest BCUT2D eigenvalue weighted by atomic mass is 9.61. The topological polar surface area (TPSA) is 79.6 Å². The zero-order valence-corrected chi connectivity index (χ0v) is 20.7. The van der Waals surface area contributed by atoms with Gasteiger partial charge in [0.05, 0.1) is 17.7 Å². The van der Waals surface area contributed by atoms with Gasteiger partial charge in [-0.1, -0.05) is 25.1 Å². The Morgan fingerprint density at radius 3 is 2.70 bits per heavy atom. The second-order valence-electron chi connectivity index (χ2n) is 10.1. The maximum atomic E-state index is 14.6. The number of nitrogens with zero attached hydrogens (tertiary/aromatic N) is 3. The number of nitriles is 1. The van der Waals surface area contributed by atoms with Crippen molar-refractivity contribution in [3.05, 3.63) is 94.6 Å². The van der Waals surface area contributed by atoms with Gasteiger partial charge in [-0.15, -0.1) is 0 Å². The Balaban J connectivity index is 1.49. The number of fused-ring (bicyclic) bond motifs is 4. The first kappa shape index (κ1) is 24.7. The summed E-state index contributed by atoms with van der Waals surface area (Å²) in [5.41, 5.74) is 2.96. The highest BCUT2D eigenvalue weighted by Crippen LogP contribution is 2.48. The van der Waals surface area contributed by atoms with E-state index in [0.717, 1.165) is 17.2 Å². The molecule has 37 heavy (non-hydrogen) atoms. The van der Waals surface area contributed by atoms with Gasteiger partial charge in [0.2, 0.25) is 0 Å². The van der Waals surface area contributed by atoms with E-state index in [-0.39, 0.29) is 36.0 Å². The molecule has 0 spiro atoms. The summed E-state index contributed by atoms with van der Waals surface area (Å²) in [7, 11) is 1.74. The molecule has 2 bridgehead atoms. The molecule has 1 aliphatic carbocycles. The fourth-order valence-corrected chi connectivity index (χ4v) is 6.09. The second kappa shape index (κ2) is 9.49. The van der Waals surface area contributed by atoms with Gasteiger partial charge in [-0.2, -0.15) is 5.26 Å². The molecule has 2 N–H and O–H groups in total. The van der Waals surface area contributed by atoms with Gasteiger partial charge in [0, 0.05) is 36.3 Å². The quantitative estimate of drug-likeness (QED) is 0.516. The highest BCUT2D eigenvalue weighted by Gasteiger charge is 2.53. The molecule has 0 saturated carbocycles. The Hall–Kier alpha value is -3.96. The van der Waals surface area contributed by atoms with Crippen molar-refractivity contribution in [1.82, 2.24) is 9.80 Å². The van der Waals surface area contributed by atoms with E-state index in [2.05, 4.69) is 23.2 Å². The van der Waals surface area contributed by atoms with Gasteiger partial charge in [0.1, 0.15) is 5.75 Å². The van der Waals surface area contributed by atoms with Crippen molar-refractivity contribution in [2.24, 2.45) is 0 Å². The van der Waals surface area contributed by atoms with E-state index in [1.165, 1.54) is 6.07 Å². The van der Waals surface area contributed by atoms with Crippen molar-refractivity contribution in [1.29, 1.82) is 5.26 Å². The number of nitrogens with one attached hydrogen (secondary N) is 1. The standard InChI is InChI=1S/C29H28F2N4O2/c1-29-12-13-35(17-20-4-3-5-24(30)26(20)31)25(14-19-8-11-22(36)15-23(19)29)27(29)34(2)28(37)33-21-9-6-18(16-32)7-10-21/h3-11,15,25,27,36H,12-14,17H2,1-2H3,(H,33,37)/t25?,27-,29-/m0/s1. The summed E-state index contributed by atoms with van der Waals surface area (Å²) >= 11 is 0. The number of amides is 2. The molecule has 0 radical (unpaired) electrons. The number of aromatic hydroxyl groups is 1. The molecular weight excluding hydrogens is 474 g/mol. The first-order valence-corrected chi connectivity index (χ1v) is 12.2. The van der Waals surface area contributed by atoms with Crippen LogP contribution >= 0.6 is 0 Å². The van der Waals surface area contributed by atoms with Crippen molar-refractivity contribution in [2.75, 3.05) is 18.9 Å². The maximum Gasteiger partial charge on any atom is 0.321 e. The molecule has 8 heteroatoms. The average molecular weight is 503 g/mol. The molecule has 1 unspecified atom stereocenters. The number of anilines is 1. The SMILES string of the molecule is CN(C(=O)Nc1ccc(C#N)cc1)[C@H]1C2Cc3ccc(O)cc3[C@]1(C)CCN2Cc1cccc(F)c1F. The van der Waals surface area contributed by atoms with E-state index in [4.69, 9.17) is 5.26 Å². The van der Waals surface area contributed by atoms with Gasteiger partial charge in [0.15, 0.2) is 11.6 Å². The molecule has 2 amide bonds. The smallest absolute Gasteiger partial charge is 0.321 e. The summed E-state index contributed by atoms with van der Waals surface area (Å²) in [6.45, 7) is 2.96. The molecule has 190 valence electrons. The van der Waals surface area contributed by atoms with E-state index in [1.54, 1.807) is 54.4 Å². The number of urea groups is 1. The summed E-state index contributed by atoms with van der Waals surface area (Å²) in [5.74, 6) is -1.55. The largest absolute Gasteiger partial charge is 0.508 e. The lowest BCUT2D eigenvalue weighted by Gasteiger charge is -2.57. The third kappa shape index (κ3) is 4.40. The van der Waals surface area contributed by atoms with Gasteiger partial charge in [0.25, 0.3) is 0 Å². The highest BCUT2D eigenvalue weighted by atomic mass is 19.2. The Bertz CT molecular complexity index is 1390. The van der Waals surface area contributed by atoms with E-state index in [0.29, 0.717) is 30.6 Å². The molecule has 1 saturated heterocycles. The van der Waals surface area contributed by atoms with Crippen molar-refractivity contribution < 1.29 is 18.7 Å². The first-order valence-electron chi connectivity index (χ1n) is 12.2. The Kier molecular flexibility index (Phi) is 6.34. The van der Waals surface area contributed by atoms with E-state index in [1.807, 2.05) is 6.07 Å². The zero-order valence-electron chi connectivity index (χ0n) is 20.7. The molecule has 3 aromatic carbocycles. The first-order chi connectivity index (χ1) is 17.7. The predicted octanol–water partition coefficient (Wildman–Crippen LogP) is 5.16. The van der Waals surface area contributed by atoms with Crippen molar-refractivity contribution in [3.63, 3.8) is 0 Å². The van der Waals surface area contributed by atoms with Crippen LogP contribution in [0.3, 0.4) is 0 Å². The highest BCUT2D eigenvalue weighted by molar-refractivity contribution is 5.89. The van der Waals surface area contributed by atoms with Crippen LogP contribution in [0, 0.1) is 23.0 Å². The van der Waals surface area contributed by atoms with Gasteiger partial charge in [-0.25, -0.2) is 13.6 Å². The molecule has 6 nitrogen and oxygen atoms in total. The Labute approximate surface area is 214 Å². The summed E-state index contributed by atoms with van der Waals surface area (Å²) in [6.07, 6.45) is 1.26. The lowest BCUT2D eigenvalue weighted by molar-refractivity contribution is 0.00182. The van der Waals surface area contributed by atoms with Gasteiger partial charge >= 0.3 is 6.03 Å². The molecule has 0 aromatic heterocycles. The number of carbonyl (C=O) groups is 1. The lowest BCUT2D eigenvalue weighted by Crippen LogP contribution is -2.68. The van der Waals surface area contributed by atoms with Crippen LogP contribution in [-0.4, -0.2) is 46.6 Å². The van der Waals surface area contributed by atoms with Crippen LogP contribution in [0.15, 0.2) is 60.7 Å². The molecule has 3 atom stereocenters. The number of likely N-dealkylation sites (N-methyl/N-ethyl adjacent to an activating group) is 1. The van der Waals surface area contributed by atoms with Crippen LogP contribution in [0.2, 0.25) is 0 Å². The van der Waals surface area contributed by atoms with Crippen LogP contribution < -0.4 is 5.32 Å². The van der Waals surface area contributed by atoms with E-state index < -0.39 is 17.0 Å². The molecule has 2 aliphatic rings. The predicted molar refractivity (Wildman–Crippen MR) is 136 cm³/mol. The summed E-state index contributed by atoms with van der Waals surface area (Å²) < 4.78 is 28.5. The molecule has 3 aromatic rings. The number of benzene rings is 3. The van der Waals surface area contributed by atoms with Crippen molar-refractivity contribution in [3.8, 4) is 11.8 Å². The molecule has 1 aliphatic heterocycles. The minimum atomic E-state index is -0.876. The third-order valence-electron chi connectivity index (χ3n) is 7.95. The van der Waals surface area contributed by atoms with Gasteiger partial charge < -0.3 is 15.3 Å². The minimum Gasteiger partial charge on any atom is -0.508 e. The molecular formula is C29H28F2N4O2. The number of piperidine rings is 1. The molecule has 5 rings (SSSR count). The van der Waals surface area contributed by atoms with E-state index >= 15 is 0 Å². The van der Waals surface area contributed by atoms with Crippen molar-refractivity contribution in [2.45, 2.75) is 43.8 Å². The normalized spacial score (nSPS) is 22.6. The number of phenolic OH excluding ortho intramolecular Hbond substituents is 1. The summed E-state index contributed by atoms with van der Waals surface area (Å²) in [6, 6.07) is 17.5. The zero-order chi connectivity index (χ0) is 26.3. The number of hydrogen-bond donors (Lipinski definition) is 2. The fraction of sp³-hybridized carbons (Fsp3) is 0.310. The number of likely N-dealkylation sites (tertiary alicyclic amines) is 1. The molecule has 1 heterocycles. The summed E-state index contributed by atoms with van der Waals surface area (Å²) in [5, 5.41) is 22.2. The minimum absolute atomic E-state index is 0.157. The monoisotopic (exact) mass is 502 g/mol. The van der Waals surface area contributed by atoms with Gasteiger partial charge in [-0.3, -0.25) is 4.90 Å². The number of phenols is 1. The van der Waals surface area contributed by atoms with Crippen molar-refractivity contribution >= 4 is 11.7 Å². The number of halogens is 2. The summed E-state index contributed by atoms with van der Waals surface area (Å²) in [4.78, 5) is 17.3. The van der Waals surface area contributed by atoms with Crippen LogP contribution in [0.25, 0.3) is 0 Å². The third-order valence-corrected chi connectivity index (χ3v) is 7.95. The average Bonchev–Trinajstić information content (AvgIpc) is 2.89. The number of rotatable bonds is 4. The number of hydrogen-bond acceptors (Lipinski definition) is 4. The number of carbonyl (C=O) groups excluding carboxylic acids is 1. The van der Waals surface area contributed by atoms with E-state index in [9.17, 15) is 18.7 Å². The van der Waals surface area contributed by atoms with Crippen LogP contribution in [-0.2, 0) is 18.4 Å². The maximum absolute atomic E-state index is 14.6. The Morgan fingerprint density at radius 2 is 1.97 bits per heavy atom. The second-order valence-corrected chi connectivity index (χ2v) is 10.1. The Morgan fingerprint density at radius 1 is 1.22 bits per heavy atom. The van der Waals surface area contributed by atoms with Crippen LogP contribution in [0.1, 0.15) is 35.6 Å². The fourth-order valence-electron chi connectivity index (χ4n) is 6.09. The van der Waals surface area contributed by atoms with Crippen LogP contribution in [0.5, 0.6) is 5.75 Å².